The number of rotatable bonds is 4. The van der Waals surface area contributed by atoms with Crippen LogP contribution >= 0.6 is 22.9 Å². The van der Waals surface area contributed by atoms with E-state index in [4.69, 9.17) is 16.7 Å². The molecule has 18 heavy (non-hydrogen) atoms. The zero-order valence-electron chi connectivity index (χ0n) is 10.1. The molecule has 1 saturated heterocycles. The lowest BCUT2D eigenvalue weighted by molar-refractivity contribution is 0.157. The summed E-state index contributed by atoms with van der Waals surface area (Å²) in [4.78, 5) is 14.8. The van der Waals surface area contributed by atoms with Gasteiger partial charge in [-0.3, -0.25) is 0 Å². The van der Waals surface area contributed by atoms with Crippen LogP contribution in [0.1, 0.15) is 17.7 Å². The molecule has 2 rings (SSSR count). The number of carbonyl (C=O) groups is 1. The molecular weight excluding hydrogens is 272 g/mol. The molecule has 2 heterocycles. The second kappa shape index (κ2) is 6.41. The van der Waals surface area contributed by atoms with E-state index in [9.17, 15) is 4.79 Å². The number of hydrogen-bond acceptors (Lipinski definition) is 3. The maximum absolute atomic E-state index is 11.9. The number of nitrogens with zero attached hydrogens (tertiary/aromatic N) is 1. The first-order valence-corrected chi connectivity index (χ1v) is 7.29. The third kappa shape index (κ3) is 3.37. The summed E-state index contributed by atoms with van der Waals surface area (Å²) in [5.41, 5.74) is 0. The SMILES string of the molecule is O=C(NCCc1ccc(Cl)s1)N1CCC[C@H]1CO. The molecule has 1 aliphatic rings. The van der Waals surface area contributed by atoms with Crippen molar-refractivity contribution in [2.75, 3.05) is 19.7 Å². The highest BCUT2D eigenvalue weighted by molar-refractivity contribution is 7.16. The minimum atomic E-state index is -0.0748. The molecule has 0 radical (unpaired) electrons. The van der Waals surface area contributed by atoms with Gasteiger partial charge in [0.2, 0.25) is 0 Å². The van der Waals surface area contributed by atoms with E-state index in [1.807, 2.05) is 12.1 Å². The highest BCUT2D eigenvalue weighted by Gasteiger charge is 2.27. The van der Waals surface area contributed by atoms with Crippen LogP contribution in [0.5, 0.6) is 0 Å². The summed E-state index contributed by atoms with van der Waals surface area (Å²) in [5.74, 6) is 0. The van der Waals surface area contributed by atoms with Crippen molar-refractivity contribution in [1.82, 2.24) is 10.2 Å². The summed E-state index contributed by atoms with van der Waals surface area (Å²) < 4.78 is 0.774. The van der Waals surface area contributed by atoms with Crippen LogP contribution in [-0.2, 0) is 6.42 Å². The number of likely N-dealkylation sites (tertiary alicyclic amines) is 1. The number of halogens is 1. The fraction of sp³-hybridized carbons (Fsp3) is 0.583. The van der Waals surface area contributed by atoms with Crippen molar-refractivity contribution < 1.29 is 9.90 Å². The van der Waals surface area contributed by atoms with E-state index in [1.54, 1.807) is 4.90 Å². The molecule has 0 spiro atoms. The second-order valence-electron chi connectivity index (χ2n) is 4.36. The normalized spacial score (nSPS) is 19.2. The molecule has 1 atom stereocenters. The molecule has 1 aromatic heterocycles. The highest BCUT2D eigenvalue weighted by Crippen LogP contribution is 2.21. The second-order valence-corrected chi connectivity index (χ2v) is 6.16. The summed E-state index contributed by atoms with van der Waals surface area (Å²) in [6, 6.07) is 3.76. The van der Waals surface area contributed by atoms with E-state index >= 15 is 0 Å². The first-order valence-electron chi connectivity index (χ1n) is 6.10. The van der Waals surface area contributed by atoms with Crippen molar-refractivity contribution in [2.45, 2.75) is 25.3 Å². The molecule has 0 bridgehead atoms. The van der Waals surface area contributed by atoms with E-state index in [2.05, 4.69) is 5.32 Å². The van der Waals surface area contributed by atoms with E-state index in [0.29, 0.717) is 6.54 Å². The van der Waals surface area contributed by atoms with E-state index in [-0.39, 0.29) is 18.7 Å². The summed E-state index contributed by atoms with van der Waals surface area (Å²) in [6.45, 7) is 1.39. The topological polar surface area (TPSA) is 52.6 Å². The molecule has 4 nitrogen and oxygen atoms in total. The third-order valence-electron chi connectivity index (χ3n) is 3.13. The van der Waals surface area contributed by atoms with Gasteiger partial charge in [0.1, 0.15) is 0 Å². The maximum atomic E-state index is 11.9. The molecule has 0 aliphatic carbocycles. The number of nitrogens with one attached hydrogen (secondary N) is 1. The standard InChI is InChI=1S/C12H17ClN2O2S/c13-11-4-3-10(18-11)5-6-14-12(17)15-7-1-2-9(15)8-16/h3-4,9,16H,1-2,5-8H2,(H,14,17)/t9-/m0/s1. The van der Waals surface area contributed by atoms with E-state index in [0.717, 1.165) is 30.1 Å². The van der Waals surface area contributed by atoms with Crippen molar-refractivity contribution in [1.29, 1.82) is 0 Å². The van der Waals surface area contributed by atoms with Crippen LogP contribution in [0, 0.1) is 0 Å². The van der Waals surface area contributed by atoms with Gasteiger partial charge >= 0.3 is 6.03 Å². The summed E-state index contributed by atoms with van der Waals surface area (Å²) >= 11 is 7.38. The lowest BCUT2D eigenvalue weighted by atomic mass is 10.2. The van der Waals surface area contributed by atoms with Gasteiger partial charge in [0.25, 0.3) is 0 Å². The number of hydrogen-bond donors (Lipinski definition) is 2. The predicted octanol–water partition coefficient (Wildman–Crippen LogP) is 2.11. The van der Waals surface area contributed by atoms with Crippen molar-refractivity contribution in [2.24, 2.45) is 0 Å². The molecule has 0 saturated carbocycles. The minimum Gasteiger partial charge on any atom is -0.394 e. The van der Waals surface area contributed by atoms with Crippen molar-refractivity contribution in [3.63, 3.8) is 0 Å². The fourth-order valence-corrected chi connectivity index (χ4v) is 3.26. The smallest absolute Gasteiger partial charge is 0.317 e. The quantitative estimate of drug-likeness (QED) is 0.892. The Labute approximate surface area is 116 Å². The van der Waals surface area contributed by atoms with E-state index < -0.39 is 0 Å². The number of thiophene rings is 1. The summed E-state index contributed by atoms with van der Waals surface area (Å²) in [5, 5.41) is 12.0. The molecule has 2 amide bonds. The fourth-order valence-electron chi connectivity index (χ4n) is 2.17. The van der Waals surface area contributed by atoms with Gasteiger partial charge < -0.3 is 15.3 Å². The van der Waals surface area contributed by atoms with Gasteiger partial charge in [-0.05, 0) is 31.4 Å². The minimum absolute atomic E-state index is 0.0128. The zero-order valence-corrected chi connectivity index (χ0v) is 11.6. The number of urea groups is 1. The van der Waals surface area contributed by atoms with Gasteiger partial charge in [0.05, 0.1) is 17.0 Å². The molecule has 1 fully saturated rings. The first kappa shape index (κ1) is 13.6. The molecule has 0 unspecified atom stereocenters. The molecular formula is C12H17ClN2O2S. The number of aliphatic hydroxyl groups is 1. The Morgan fingerprint density at radius 2 is 2.44 bits per heavy atom. The van der Waals surface area contributed by atoms with Gasteiger partial charge in [-0.2, -0.15) is 0 Å². The van der Waals surface area contributed by atoms with Crippen LogP contribution < -0.4 is 5.32 Å². The molecule has 6 heteroatoms. The van der Waals surface area contributed by atoms with Gasteiger partial charge in [-0.15, -0.1) is 11.3 Å². The van der Waals surface area contributed by atoms with Crippen molar-refractivity contribution in [3.05, 3.63) is 21.3 Å². The average molecular weight is 289 g/mol. The number of amides is 2. The molecule has 0 aromatic carbocycles. The molecule has 1 aromatic rings. The Morgan fingerprint density at radius 1 is 1.61 bits per heavy atom. The van der Waals surface area contributed by atoms with Gasteiger partial charge in [-0.1, -0.05) is 11.6 Å². The van der Waals surface area contributed by atoms with Crippen LogP contribution in [0.3, 0.4) is 0 Å². The summed E-state index contributed by atoms with van der Waals surface area (Å²) in [6.07, 6.45) is 2.66. The van der Waals surface area contributed by atoms with E-state index in [1.165, 1.54) is 16.2 Å². The van der Waals surface area contributed by atoms with Crippen molar-refractivity contribution in [3.8, 4) is 0 Å². The summed E-state index contributed by atoms with van der Waals surface area (Å²) in [7, 11) is 0. The Hall–Kier alpha value is -0.780. The maximum Gasteiger partial charge on any atom is 0.317 e. The van der Waals surface area contributed by atoms with Gasteiger partial charge in [0, 0.05) is 18.0 Å². The lowest BCUT2D eigenvalue weighted by Gasteiger charge is -2.23. The molecule has 2 N–H and O–H groups in total. The Morgan fingerprint density at radius 3 is 3.11 bits per heavy atom. The zero-order chi connectivity index (χ0) is 13.0. The Balaban J connectivity index is 1.74. The Bertz CT molecular complexity index is 411. The Kier molecular flexibility index (Phi) is 4.86. The largest absolute Gasteiger partial charge is 0.394 e. The third-order valence-corrected chi connectivity index (χ3v) is 4.42. The number of aliphatic hydroxyl groups excluding tert-OH is 1. The average Bonchev–Trinajstić information content (AvgIpc) is 2.97. The van der Waals surface area contributed by atoms with Crippen LogP contribution in [0.4, 0.5) is 4.79 Å². The molecule has 100 valence electrons. The van der Waals surface area contributed by atoms with Crippen LogP contribution in [0.15, 0.2) is 12.1 Å². The number of carbonyl (C=O) groups excluding carboxylic acids is 1. The van der Waals surface area contributed by atoms with Crippen molar-refractivity contribution >= 4 is 29.0 Å². The highest BCUT2D eigenvalue weighted by atomic mass is 35.5. The monoisotopic (exact) mass is 288 g/mol. The van der Waals surface area contributed by atoms with Crippen LogP contribution in [-0.4, -0.2) is 41.8 Å². The first-order chi connectivity index (χ1) is 8.70. The van der Waals surface area contributed by atoms with Crippen LogP contribution in [0.25, 0.3) is 0 Å². The van der Waals surface area contributed by atoms with Crippen LogP contribution in [0.2, 0.25) is 4.34 Å². The van der Waals surface area contributed by atoms with Gasteiger partial charge in [0.15, 0.2) is 0 Å². The predicted molar refractivity (Wildman–Crippen MR) is 73.2 cm³/mol. The lowest BCUT2D eigenvalue weighted by Crippen LogP contribution is -2.44. The van der Waals surface area contributed by atoms with Gasteiger partial charge in [-0.25, -0.2) is 4.79 Å². The molecule has 1 aliphatic heterocycles.